The van der Waals surface area contributed by atoms with Crippen molar-refractivity contribution in [1.29, 1.82) is 0 Å². The quantitative estimate of drug-likeness (QED) is 0.736. The summed E-state index contributed by atoms with van der Waals surface area (Å²) in [5.41, 5.74) is 4.24. The number of nitrogens with one attached hydrogen (secondary N) is 2. The summed E-state index contributed by atoms with van der Waals surface area (Å²) in [4.78, 5) is 27.1. The van der Waals surface area contributed by atoms with Gasteiger partial charge in [0.25, 0.3) is 0 Å². The van der Waals surface area contributed by atoms with Gasteiger partial charge in [-0.2, -0.15) is 0 Å². The highest BCUT2D eigenvalue weighted by Crippen LogP contribution is 2.23. The van der Waals surface area contributed by atoms with Gasteiger partial charge in [0.15, 0.2) is 0 Å². The van der Waals surface area contributed by atoms with Gasteiger partial charge < -0.3 is 10.6 Å². The highest BCUT2D eigenvalue weighted by Gasteiger charge is 2.26. The van der Waals surface area contributed by atoms with Gasteiger partial charge in [-0.05, 0) is 75.7 Å². The van der Waals surface area contributed by atoms with E-state index in [-0.39, 0.29) is 24.4 Å². The van der Waals surface area contributed by atoms with Gasteiger partial charge in [0, 0.05) is 5.69 Å². The van der Waals surface area contributed by atoms with Gasteiger partial charge in [0.1, 0.15) is 0 Å². The second kappa shape index (κ2) is 10.4. The van der Waals surface area contributed by atoms with E-state index in [2.05, 4.69) is 45.9 Å². The average Bonchev–Trinajstić information content (AvgIpc) is 2.75. The molecular weight excluding hydrogens is 374 g/mol. The predicted octanol–water partition coefficient (Wildman–Crippen LogP) is 3.70. The molecule has 0 unspecified atom stereocenters. The number of hydrogen-bond acceptors (Lipinski definition) is 3. The largest absolute Gasteiger partial charge is 0.346 e. The summed E-state index contributed by atoms with van der Waals surface area (Å²) >= 11 is 0. The average molecular weight is 408 g/mol. The molecular formula is C25H33N3O2. The maximum absolute atomic E-state index is 12.6. The van der Waals surface area contributed by atoms with Crippen molar-refractivity contribution in [2.45, 2.75) is 46.1 Å². The zero-order chi connectivity index (χ0) is 21.5. The molecule has 2 aromatic rings. The van der Waals surface area contributed by atoms with Crippen LogP contribution in [0.25, 0.3) is 0 Å². The standard InChI is InChI=1S/C25H33N3O2/c1-18-8-7-9-19(2)24(18)27-23(29)17-26-25(30)20(3)28-14-12-22(13-15-28)16-21-10-5-4-6-11-21/h4-11,20,22H,12-17H2,1-3H3,(H,26,30)(H,27,29)/t20-/m0/s1. The Bertz CT molecular complexity index is 838. The lowest BCUT2D eigenvalue weighted by Crippen LogP contribution is -2.49. The fourth-order valence-electron chi connectivity index (χ4n) is 4.17. The topological polar surface area (TPSA) is 61.4 Å². The molecule has 0 aromatic heterocycles. The van der Waals surface area contributed by atoms with Crippen molar-refractivity contribution in [3.63, 3.8) is 0 Å². The minimum Gasteiger partial charge on any atom is -0.346 e. The van der Waals surface area contributed by atoms with Gasteiger partial charge in [-0.3, -0.25) is 14.5 Å². The Balaban J connectivity index is 1.42. The van der Waals surface area contributed by atoms with Crippen molar-refractivity contribution in [2.75, 3.05) is 25.0 Å². The van der Waals surface area contributed by atoms with Crippen LogP contribution in [-0.2, 0) is 16.0 Å². The molecule has 0 spiro atoms. The highest BCUT2D eigenvalue weighted by atomic mass is 16.2. The fraction of sp³-hybridized carbons (Fsp3) is 0.440. The molecule has 2 amide bonds. The van der Waals surface area contributed by atoms with Crippen LogP contribution in [0, 0.1) is 19.8 Å². The summed E-state index contributed by atoms with van der Waals surface area (Å²) in [6.45, 7) is 7.68. The van der Waals surface area contributed by atoms with E-state index >= 15 is 0 Å². The monoisotopic (exact) mass is 407 g/mol. The van der Waals surface area contributed by atoms with Crippen LogP contribution >= 0.6 is 0 Å². The zero-order valence-corrected chi connectivity index (χ0v) is 18.3. The number of nitrogens with zero attached hydrogens (tertiary/aromatic N) is 1. The van der Waals surface area contributed by atoms with E-state index in [0.717, 1.165) is 49.2 Å². The summed E-state index contributed by atoms with van der Waals surface area (Å²) in [6, 6.07) is 16.3. The minimum absolute atomic E-state index is 0.0125. The summed E-state index contributed by atoms with van der Waals surface area (Å²) in [5, 5.41) is 5.71. The summed E-state index contributed by atoms with van der Waals surface area (Å²) in [7, 11) is 0. The van der Waals surface area contributed by atoms with E-state index in [1.165, 1.54) is 5.56 Å². The van der Waals surface area contributed by atoms with Crippen LogP contribution in [-0.4, -0.2) is 42.4 Å². The van der Waals surface area contributed by atoms with Gasteiger partial charge in [-0.15, -0.1) is 0 Å². The molecule has 1 aliphatic rings. The van der Waals surface area contributed by atoms with Crippen molar-refractivity contribution in [1.82, 2.24) is 10.2 Å². The normalized spacial score (nSPS) is 16.1. The molecule has 1 aliphatic heterocycles. The van der Waals surface area contributed by atoms with Gasteiger partial charge >= 0.3 is 0 Å². The van der Waals surface area contributed by atoms with Gasteiger partial charge in [0.2, 0.25) is 11.8 Å². The number of aryl methyl sites for hydroxylation is 2. The Hall–Kier alpha value is -2.66. The van der Waals surface area contributed by atoms with E-state index in [9.17, 15) is 9.59 Å². The number of carbonyl (C=O) groups excluding carboxylic acids is 2. The first-order chi connectivity index (χ1) is 14.4. The molecule has 30 heavy (non-hydrogen) atoms. The van der Waals surface area contributed by atoms with E-state index < -0.39 is 0 Å². The van der Waals surface area contributed by atoms with E-state index in [1.807, 2.05) is 39.0 Å². The molecule has 0 aliphatic carbocycles. The molecule has 0 saturated carbocycles. The molecule has 1 fully saturated rings. The molecule has 1 saturated heterocycles. The molecule has 1 atom stereocenters. The molecule has 2 aromatic carbocycles. The summed E-state index contributed by atoms with van der Waals surface area (Å²) in [6.07, 6.45) is 3.30. The Labute approximate surface area is 179 Å². The Morgan fingerprint density at radius 2 is 1.63 bits per heavy atom. The van der Waals surface area contributed by atoms with Crippen LogP contribution in [0.4, 0.5) is 5.69 Å². The second-order valence-corrected chi connectivity index (χ2v) is 8.38. The molecule has 5 heteroatoms. The maximum Gasteiger partial charge on any atom is 0.243 e. The van der Waals surface area contributed by atoms with Gasteiger partial charge in [-0.1, -0.05) is 48.5 Å². The van der Waals surface area contributed by atoms with Crippen molar-refractivity contribution >= 4 is 17.5 Å². The van der Waals surface area contributed by atoms with Crippen molar-refractivity contribution in [3.05, 3.63) is 65.2 Å². The summed E-state index contributed by atoms with van der Waals surface area (Å²) in [5.74, 6) is 0.379. The molecule has 3 rings (SSSR count). The maximum atomic E-state index is 12.6. The zero-order valence-electron chi connectivity index (χ0n) is 18.3. The second-order valence-electron chi connectivity index (χ2n) is 8.38. The van der Waals surface area contributed by atoms with Crippen LogP contribution < -0.4 is 10.6 Å². The number of benzene rings is 2. The third-order valence-corrected chi connectivity index (χ3v) is 6.11. The minimum atomic E-state index is -0.226. The first-order valence-corrected chi connectivity index (χ1v) is 10.9. The molecule has 5 nitrogen and oxygen atoms in total. The van der Waals surface area contributed by atoms with Crippen LogP contribution in [0.2, 0.25) is 0 Å². The van der Waals surface area contributed by atoms with Crippen molar-refractivity contribution < 1.29 is 9.59 Å². The van der Waals surface area contributed by atoms with E-state index in [1.54, 1.807) is 0 Å². The number of para-hydroxylation sites is 1. The fourth-order valence-corrected chi connectivity index (χ4v) is 4.17. The van der Waals surface area contributed by atoms with Gasteiger partial charge in [-0.25, -0.2) is 0 Å². The Morgan fingerprint density at radius 3 is 2.27 bits per heavy atom. The lowest BCUT2D eigenvalue weighted by atomic mass is 9.89. The number of carbonyl (C=O) groups is 2. The third kappa shape index (κ3) is 5.92. The van der Waals surface area contributed by atoms with Crippen LogP contribution in [0.15, 0.2) is 48.5 Å². The number of rotatable bonds is 7. The SMILES string of the molecule is Cc1cccc(C)c1NC(=O)CNC(=O)[C@H](C)N1CCC(Cc2ccccc2)CC1. The molecule has 2 N–H and O–H groups in total. The predicted molar refractivity (Wildman–Crippen MR) is 121 cm³/mol. The number of hydrogen-bond donors (Lipinski definition) is 2. The summed E-state index contributed by atoms with van der Waals surface area (Å²) < 4.78 is 0. The number of piperidine rings is 1. The van der Waals surface area contributed by atoms with Crippen LogP contribution in [0.1, 0.15) is 36.5 Å². The third-order valence-electron chi connectivity index (χ3n) is 6.11. The van der Waals surface area contributed by atoms with Crippen LogP contribution in [0.3, 0.4) is 0 Å². The molecule has 0 radical (unpaired) electrons. The Kier molecular flexibility index (Phi) is 7.63. The lowest BCUT2D eigenvalue weighted by Gasteiger charge is -2.35. The lowest BCUT2D eigenvalue weighted by molar-refractivity contribution is -0.128. The number of amides is 2. The first-order valence-electron chi connectivity index (χ1n) is 10.9. The first kappa shape index (κ1) is 22.0. The van der Waals surface area contributed by atoms with Gasteiger partial charge in [0.05, 0.1) is 12.6 Å². The molecule has 160 valence electrons. The van der Waals surface area contributed by atoms with Crippen molar-refractivity contribution in [2.24, 2.45) is 5.92 Å². The van der Waals surface area contributed by atoms with Crippen LogP contribution in [0.5, 0.6) is 0 Å². The van der Waals surface area contributed by atoms with E-state index in [4.69, 9.17) is 0 Å². The Morgan fingerprint density at radius 1 is 1.00 bits per heavy atom. The molecule has 1 heterocycles. The smallest absolute Gasteiger partial charge is 0.243 e. The van der Waals surface area contributed by atoms with E-state index in [0.29, 0.717) is 5.92 Å². The molecule has 0 bridgehead atoms. The number of likely N-dealkylation sites (tertiary alicyclic amines) is 1. The number of anilines is 1. The highest BCUT2D eigenvalue weighted by molar-refractivity contribution is 5.96. The van der Waals surface area contributed by atoms with Crippen molar-refractivity contribution in [3.8, 4) is 0 Å².